The minimum Gasteiger partial charge on any atom is -0.394 e. The summed E-state index contributed by atoms with van der Waals surface area (Å²) in [5, 5.41) is 12.6. The summed E-state index contributed by atoms with van der Waals surface area (Å²) >= 11 is 0. The maximum Gasteiger partial charge on any atom is 0.253 e. The predicted octanol–water partition coefficient (Wildman–Crippen LogP) is 4.03. The average Bonchev–Trinajstić information content (AvgIpc) is 3.47. The minimum atomic E-state index is -1.21. The van der Waals surface area contributed by atoms with Crippen molar-refractivity contribution in [3.8, 4) is 0 Å². The highest BCUT2D eigenvalue weighted by Crippen LogP contribution is 2.66. The Morgan fingerprint density at radius 2 is 1.79 bits per heavy atom. The van der Waals surface area contributed by atoms with Crippen molar-refractivity contribution >= 4 is 34.2 Å². The van der Waals surface area contributed by atoms with Gasteiger partial charge < -0.3 is 24.5 Å². The lowest BCUT2D eigenvalue weighted by Crippen LogP contribution is -2.60. The number of rotatable bonds is 10. The van der Waals surface area contributed by atoms with Gasteiger partial charge in [0.15, 0.2) is 0 Å². The number of likely N-dealkylation sites (N-methyl/N-ethyl adjacent to an activating group) is 1. The molecule has 5 rings (SSSR count). The van der Waals surface area contributed by atoms with Crippen molar-refractivity contribution in [2.24, 2.45) is 23.7 Å². The zero-order valence-electron chi connectivity index (χ0n) is 25.3. The fraction of sp³-hybridized carbons (Fsp3) is 0.500. The normalized spacial score (nSPS) is 30.5. The van der Waals surface area contributed by atoms with Crippen LogP contribution in [0.25, 0.3) is 10.8 Å². The molecular formula is C34H43N3O5. The van der Waals surface area contributed by atoms with Crippen molar-refractivity contribution in [2.75, 3.05) is 31.6 Å². The van der Waals surface area contributed by atoms with Crippen LogP contribution >= 0.6 is 0 Å². The third-order valence-corrected chi connectivity index (χ3v) is 9.97. The number of hydrogen-bond acceptors (Lipinski definition) is 5. The molecule has 2 bridgehead atoms. The second-order valence-electron chi connectivity index (χ2n) is 12.7. The van der Waals surface area contributed by atoms with Gasteiger partial charge in [0.05, 0.1) is 30.1 Å². The topological polar surface area (TPSA) is 90.4 Å². The van der Waals surface area contributed by atoms with Crippen LogP contribution in [0.5, 0.6) is 0 Å². The molecule has 8 heteroatoms. The van der Waals surface area contributed by atoms with Crippen LogP contribution in [-0.2, 0) is 19.1 Å². The highest BCUT2D eigenvalue weighted by Gasteiger charge is 2.80. The molecule has 7 atom stereocenters. The summed E-state index contributed by atoms with van der Waals surface area (Å²) < 4.78 is 6.90. The maximum absolute atomic E-state index is 14.9. The largest absolute Gasteiger partial charge is 0.394 e. The van der Waals surface area contributed by atoms with E-state index in [1.807, 2.05) is 70.2 Å². The first-order valence-corrected chi connectivity index (χ1v) is 14.9. The van der Waals surface area contributed by atoms with Crippen molar-refractivity contribution in [1.82, 2.24) is 9.80 Å². The number of nitrogens with zero attached hydrogens (tertiary/aromatic N) is 3. The molecule has 0 aliphatic carbocycles. The van der Waals surface area contributed by atoms with Gasteiger partial charge in [0.2, 0.25) is 11.8 Å². The Hall–Kier alpha value is -3.49. The van der Waals surface area contributed by atoms with E-state index < -0.39 is 35.1 Å². The highest BCUT2D eigenvalue weighted by atomic mass is 16.5. The van der Waals surface area contributed by atoms with Gasteiger partial charge in [-0.1, -0.05) is 63.3 Å². The van der Waals surface area contributed by atoms with Crippen molar-refractivity contribution in [3.05, 3.63) is 67.8 Å². The summed E-state index contributed by atoms with van der Waals surface area (Å²) in [5.41, 5.74) is -1.45. The summed E-state index contributed by atoms with van der Waals surface area (Å²) in [6.07, 6.45) is 3.78. The van der Waals surface area contributed by atoms with Crippen molar-refractivity contribution in [2.45, 2.75) is 57.4 Å². The number of benzene rings is 2. The van der Waals surface area contributed by atoms with Gasteiger partial charge in [-0.25, -0.2) is 0 Å². The molecule has 1 spiro atoms. The number of fused-ring (bicyclic) bond motifs is 2. The monoisotopic (exact) mass is 573 g/mol. The van der Waals surface area contributed by atoms with Gasteiger partial charge in [-0.15, -0.1) is 13.2 Å². The lowest BCUT2D eigenvalue weighted by atomic mass is 9.62. The summed E-state index contributed by atoms with van der Waals surface area (Å²) in [6.45, 7) is 15.7. The van der Waals surface area contributed by atoms with E-state index in [0.29, 0.717) is 18.7 Å². The molecule has 224 valence electrons. The Kier molecular flexibility index (Phi) is 7.83. The van der Waals surface area contributed by atoms with Gasteiger partial charge in [-0.3, -0.25) is 14.4 Å². The Morgan fingerprint density at radius 3 is 2.40 bits per heavy atom. The Labute approximate surface area is 248 Å². The van der Waals surface area contributed by atoms with Crippen LogP contribution in [0.4, 0.5) is 5.69 Å². The quantitative estimate of drug-likeness (QED) is 0.434. The van der Waals surface area contributed by atoms with E-state index in [2.05, 4.69) is 13.2 Å². The Morgan fingerprint density at radius 1 is 1.12 bits per heavy atom. The predicted molar refractivity (Wildman–Crippen MR) is 164 cm³/mol. The van der Waals surface area contributed by atoms with Crippen LogP contribution in [0, 0.1) is 23.7 Å². The van der Waals surface area contributed by atoms with Gasteiger partial charge in [0.25, 0.3) is 5.91 Å². The molecule has 3 amide bonds. The zero-order chi connectivity index (χ0) is 30.6. The minimum absolute atomic E-state index is 0.0805. The van der Waals surface area contributed by atoms with Gasteiger partial charge in [-0.2, -0.15) is 0 Å². The SMILES string of the molecule is C=CCN(C)C(=O)[C@H]1[C@H]2C(=O)N([C@@H](CO)C(C)C)C(C(=O)N(CC=C)c3ccc4ccccc4c3)C23CC(C)[C@]1(C)O3. The van der Waals surface area contributed by atoms with E-state index >= 15 is 0 Å². The summed E-state index contributed by atoms with van der Waals surface area (Å²) in [6, 6.07) is 12.1. The highest BCUT2D eigenvalue weighted by molar-refractivity contribution is 6.06. The molecule has 0 saturated carbocycles. The van der Waals surface area contributed by atoms with Crippen LogP contribution < -0.4 is 4.90 Å². The molecule has 3 aliphatic rings. The van der Waals surface area contributed by atoms with E-state index in [4.69, 9.17) is 4.74 Å². The smallest absolute Gasteiger partial charge is 0.253 e. The van der Waals surface area contributed by atoms with Gasteiger partial charge in [-0.05, 0) is 48.1 Å². The standard InChI is InChI=1S/C34H43N3O5/c1-8-16-35(7)30(39)27-28-31(40)37(26(20-38)21(3)4)29(34(28)19-22(5)33(27,6)42-34)32(41)36(17-9-2)25-15-14-23-12-10-11-13-24(23)18-25/h8-15,18,21-22,26-29,38H,1-2,16-17,19-20H2,3-7H3/t22?,26-,27+,28-,29?,33-,34?/m0/s1. The first kappa shape index (κ1) is 30.0. The Bertz CT molecular complexity index is 1420. The van der Waals surface area contributed by atoms with E-state index in [1.165, 1.54) is 0 Å². The van der Waals surface area contributed by atoms with Crippen molar-refractivity contribution < 1.29 is 24.2 Å². The molecule has 1 N–H and O–H groups in total. The lowest BCUT2D eigenvalue weighted by Gasteiger charge is -2.40. The summed E-state index contributed by atoms with van der Waals surface area (Å²) in [5.74, 6) is -2.63. The third kappa shape index (κ3) is 4.30. The molecular weight excluding hydrogens is 530 g/mol. The van der Waals surface area contributed by atoms with Crippen molar-refractivity contribution in [1.29, 1.82) is 0 Å². The van der Waals surface area contributed by atoms with E-state index in [0.717, 1.165) is 10.8 Å². The average molecular weight is 574 g/mol. The van der Waals surface area contributed by atoms with Gasteiger partial charge >= 0.3 is 0 Å². The van der Waals surface area contributed by atoms with E-state index in [1.54, 1.807) is 33.9 Å². The number of likely N-dealkylation sites (tertiary alicyclic amines) is 1. The molecule has 3 saturated heterocycles. The van der Waals surface area contributed by atoms with E-state index in [9.17, 15) is 19.5 Å². The number of hydrogen-bond donors (Lipinski definition) is 1. The molecule has 8 nitrogen and oxygen atoms in total. The first-order valence-electron chi connectivity index (χ1n) is 14.9. The lowest BCUT2D eigenvalue weighted by molar-refractivity contribution is -0.154. The first-order chi connectivity index (χ1) is 20.0. The molecule has 3 aliphatic heterocycles. The molecule has 42 heavy (non-hydrogen) atoms. The van der Waals surface area contributed by atoms with Crippen LogP contribution in [0.1, 0.15) is 34.1 Å². The second-order valence-corrected chi connectivity index (χ2v) is 12.7. The van der Waals surface area contributed by atoms with E-state index in [-0.39, 0.29) is 42.7 Å². The fourth-order valence-electron chi connectivity index (χ4n) is 7.77. The van der Waals surface area contributed by atoms with Crippen LogP contribution in [0.3, 0.4) is 0 Å². The number of ether oxygens (including phenoxy) is 1. The maximum atomic E-state index is 14.9. The molecule has 2 aromatic carbocycles. The zero-order valence-corrected chi connectivity index (χ0v) is 25.3. The molecule has 3 fully saturated rings. The summed E-state index contributed by atoms with van der Waals surface area (Å²) in [7, 11) is 1.70. The Balaban J connectivity index is 1.67. The number of amides is 3. The number of carbonyl (C=O) groups is 3. The van der Waals surface area contributed by atoms with Gasteiger partial charge in [0.1, 0.15) is 11.6 Å². The number of carbonyl (C=O) groups excluding carboxylic acids is 3. The van der Waals surface area contributed by atoms with Crippen LogP contribution in [-0.4, -0.2) is 82.7 Å². The van der Waals surface area contributed by atoms with Gasteiger partial charge in [0, 0.05) is 25.8 Å². The van der Waals surface area contributed by atoms with Crippen molar-refractivity contribution in [3.63, 3.8) is 0 Å². The molecule has 2 aromatic rings. The molecule has 3 unspecified atom stereocenters. The van der Waals surface area contributed by atoms with Crippen LogP contribution in [0.15, 0.2) is 67.8 Å². The third-order valence-electron chi connectivity index (χ3n) is 9.97. The fourth-order valence-corrected chi connectivity index (χ4v) is 7.77. The second kappa shape index (κ2) is 11.0. The molecule has 3 heterocycles. The number of aliphatic hydroxyl groups is 1. The van der Waals surface area contributed by atoms with Crippen LogP contribution in [0.2, 0.25) is 0 Å². The number of anilines is 1. The number of aliphatic hydroxyl groups excluding tert-OH is 1. The summed E-state index contributed by atoms with van der Waals surface area (Å²) in [4.78, 5) is 48.3. The molecule has 0 radical (unpaired) electrons. The molecule has 0 aromatic heterocycles.